The highest BCUT2D eigenvalue weighted by Gasteiger charge is 2.19. The summed E-state index contributed by atoms with van der Waals surface area (Å²) >= 11 is 7.39. The lowest BCUT2D eigenvalue weighted by molar-refractivity contribution is -0.129. The third kappa shape index (κ3) is 4.46. The Labute approximate surface area is 178 Å². The number of halogens is 1. The number of benzene rings is 1. The highest BCUT2D eigenvalue weighted by Crippen LogP contribution is 2.29. The standard InChI is InChI=1S/C21H23ClN4O2S/c1-14-17-12-18(20(28)23-9-8-19(27)25-10-2-3-11-25)29-21(17)26(24-14)13-15-4-6-16(22)7-5-15/h4-7,12H,2-3,8-11,13H2,1H3,(H,23,28). The highest BCUT2D eigenvalue weighted by molar-refractivity contribution is 7.20. The number of hydrogen-bond donors (Lipinski definition) is 1. The lowest BCUT2D eigenvalue weighted by Crippen LogP contribution is -2.32. The van der Waals surface area contributed by atoms with Gasteiger partial charge in [-0.15, -0.1) is 11.3 Å². The minimum Gasteiger partial charge on any atom is -0.351 e. The Kier molecular flexibility index (Phi) is 5.87. The van der Waals surface area contributed by atoms with Crippen LogP contribution in [0.25, 0.3) is 10.2 Å². The molecule has 1 fully saturated rings. The first-order valence-corrected chi connectivity index (χ1v) is 11.0. The molecule has 1 aliphatic rings. The number of thiophene rings is 1. The van der Waals surface area contributed by atoms with Crippen molar-refractivity contribution in [1.29, 1.82) is 0 Å². The van der Waals surface area contributed by atoms with Crippen LogP contribution in [0.2, 0.25) is 5.02 Å². The average molecular weight is 431 g/mol. The van der Waals surface area contributed by atoms with Crippen LogP contribution in [-0.2, 0) is 11.3 Å². The van der Waals surface area contributed by atoms with Gasteiger partial charge in [-0.05, 0) is 43.5 Å². The molecule has 1 N–H and O–H groups in total. The fourth-order valence-corrected chi connectivity index (χ4v) is 4.79. The molecule has 2 aromatic heterocycles. The van der Waals surface area contributed by atoms with Crippen LogP contribution in [0, 0.1) is 6.92 Å². The van der Waals surface area contributed by atoms with E-state index in [0.717, 1.165) is 47.4 Å². The van der Waals surface area contributed by atoms with Crippen LogP contribution in [0.4, 0.5) is 0 Å². The van der Waals surface area contributed by atoms with Crippen molar-refractivity contribution in [2.75, 3.05) is 19.6 Å². The fourth-order valence-electron chi connectivity index (χ4n) is 3.59. The molecule has 1 aliphatic heterocycles. The van der Waals surface area contributed by atoms with Crippen molar-refractivity contribution in [3.8, 4) is 0 Å². The van der Waals surface area contributed by atoms with Gasteiger partial charge in [0.15, 0.2) is 0 Å². The van der Waals surface area contributed by atoms with Crippen molar-refractivity contribution in [3.05, 3.63) is 51.5 Å². The smallest absolute Gasteiger partial charge is 0.261 e. The molecule has 1 saturated heterocycles. The van der Waals surface area contributed by atoms with Crippen LogP contribution in [0.15, 0.2) is 30.3 Å². The third-order valence-electron chi connectivity index (χ3n) is 5.16. The van der Waals surface area contributed by atoms with Gasteiger partial charge >= 0.3 is 0 Å². The van der Waals surface area contributed by atoms with Gasteiger partial charge < -0.3 is 10.2 Å². The van der Waals surface area contributed by atoms with Gasteiger partial charge in [-0.25, -0.2) is 0 Å². The Morgan fingerprint density at radius 2 is 1.93 bits per heavy atom. The van der Waals surface area contributed by atoms with Gasteiger partial charge in [-0.1, -0.05) is 23.7 Å². The number of hydrogen-bond acceptors (Lipinski definition) is 4. The van der Waals surface area contributed by atoms with E-state index in [-0.39, 0.29) is 11.8 Å². The summed E-state index contributed by atoms with van der Waals surface area (Å²) in [7, 11) is 0. The van der Waals surface area contributed by atoms with E-state index in [4.69, 9.17) is 11.6 Å². The molecular formula is C21H23ClN4O2S. The zero-order valence-electron chi connectivity index (χ0n) is 16.3. The maximum Gasteiger partial charge on any atom is 0.261 e. The largest absolute Gasteiger partial charge is 0.351 e. The SMILES string of the molecule is Cc1nn(Cc2ccc(Cl)cc2)c2sc(C(=O)NCCC(=O)N3CCCC3)cc12. The summed E-state index contributed by atoms with van der Waals surface area (Å²) in [5.41, 5.74) is 1.99. The van der Waals surface area contributed by atoms with Crippen LogP contribution in [0.1, 0.15) is 40.2 Å². The number of amides is 2. The van der Waals surface area contributed by atoms with Crippen molar-refractivity contribution in [3.63, 3.8) is 0 Å². The summed E-state index contributed by atoms with van der Waals surface area (Å²) in [5.74, 6) is -0.0218. The number of aryl methyl sites for hydroxylation is 1. The first kappa shape index (κ1) is 19.9. The average Bonchev–Trinajstić information content (AvgIpc) is 3.43. The molecule has 152 valence electrons. The fraction of sp³-hybridized carbons (Fsp3) is 0.381. The molecule has 29 heavy (non-hydrogen) atoms. The second kappa shape index (κ2) is 8.55. The van der Waals surface area contributed by atoms with Gasteiger partial charge in [-0.3, -0.25) is 14.3 Å². The predicted octanol–water partition coefficient (Wildman–Crippen LogP) is 3.85. The van der Waals surface area contributed by atoms with Crippen LogP contribution >= 0.6 is 22.9 Å². The van der Waals surface area contributed by atoms with E-state index in [2.05, 4.69) is 10.4 Å². The number of fused-ring (bicyclic) bond motifs is 1. The van der Waals surface area contributed by atoms with Crippen molar-refractivity contribution in [2.24, 2.45) is 0 Å². The maximum absolute atomic E-state index is 12.6. The molecule has 6 nitrogen and oxygen atoms in total. The monoisotopic (exact) mass is 430 g/mol. The lowest BCUT2D eigenvalue weighted by Gasteiger charge is -2.14. The summed E-state index contributed by atoms with van der Waals surface area (Å²) in [6.07, 6.45) is 2.50. The molecule has 0 bridgehead atoms. The molecule has 0 saturated carbocycles. The zero-order chi connectivity index (χ0) is 20.4. The second-order valence-electron chi connectivity index (χ2n) is 7.29. The highest BCUT2D eigenvalue weighted by atomic mass is 35.5. The molecule has 8 heteroatoms. The Morgan fingerprint density at radius 3 is 2.66 bits per heavy atom. The predicted molar refractivity (Wildman–Crippen MR) is 116 cm³/mol. The van der Waals surface area contributed by atoms with Gasteiger partial charge in [0, 0.05) is 36.5 Å². The summed E-state index contributed by atoms with van der Waals surface area (Å²) < 4.78 is 1.92. The first-order chi connectivity index (χ1) is 14.0. The number of likely N-dealkylation sites (tertiary alicyclic amines) is 1. The molecule has 0 unspecified atom stereocenters. The van der Waals surface area contributed by atoms with E-state index in [0.29, 0.717) is 29.4 Å². The minimum absolute atomic E-state index is 0.119. The number of aromatic nitrogens is 2. The Morgan fingerprint density at radius 1 is 1.21 bits per heavy atom. The normalized spacial score (nSPS) is 13.9. The number of nitrogens with zero attached hydrogens (tertiary/aromatic N) is 3. The van der Waals surface area contributed by atoms with Gasteiger partial charge in [0.25, 0.3) is 5.91 Å². The van der Waals surface area contributed by atoms with E-state index in [1.54, 1.807) is 0 Å². The molecule has 2 amide bonds. The topological polar surface area (TPSA) is 67.2 Å². The second-order valence-corrected chi connectivity index (χ2v) is 8.76. The van der Waals surface area contributed by atoms with Gasteiger partial charge in [0.2, 0.25) is 5.91 Å². The molecule has 3 aromatic rings. The molecule has 0 radical (unpaired) electrons. The van der Waals surface area contributed by atoms with Crippen molar-refractivity contribution in [2.45, 2.75) is 32.7 Å². The van der Waals surface area contributed by atoms with Gasteiger partial charge in [0.1, 0.15) is 4.83 Å². The quantitative estimate of drug-likeness (QED) is 0.645. The number of nitrogens with one attached hydrogen (secondary N) is 1. The maximum atomic E-state index is 12.6. The number of rotatable bonds is 6. The van der Waals surface area contributed by atoms with E-state index in [9.17, 15) is 9.59 Å². The van der Waals surface area contributed by atoms with Crippen LogP contribution < -0.4 is 5.32 Å². The van der Waals surface area contributed by atoms with E-state index >= 15 is 0 Å². The molecule has 3 heterocycles. The molecule has 0 aliphatic carbocycles. The minimum atomic E-state index is -0.141. The van der Waals surface area contributed by atoms with Crippen molar-refractivity contribution >= 4 is 45.0 Å². The van der Waals surface area contributed by atoms with E-state index < -0.39 is 0 Å². The molecule has 0 atom stereocenters. The molecule has 4 rings (SSSR count). The van der Waals surface area contributed by atoms with Crippen LogP contribution in [0.3, 0.4) is 0 Å². The summed E-state index contributed by atoms with van der Waals surface area (Å²) in [6, 6.07) is 9.56. The van der Waals surface area contributed by atoms with Crippen molar-refractivity contribution < 1.29 is 9.59 Å². The molecular weight excluding hydrogens is 408 g/mol. The van der Waals surface area contributed by atoms with Crippen LogP contribution in [0.5, 0.6) is 0 Å². The van der Waals surface area contributed by atoms with Gasteiger partial charge in [-0.2, -0.15) is 5.10 Å². The Balaban J connectivity index is 1.42. The summed E-state index contributed by atoms with van der Waals surface area (Å²) in [4.78, 5) is 28.1. The Bertz CT molecular complexity index is 1040. The van der Waals surface area contributed by atoms with E-state index in [1.807, 2.05) is 46.8 Å². The summed E-state index contributed by atoms with van der Waals surface area (Å²) in [6.45, 7) is 4.61. The zero-order valence-corrected chi connectivity index (χ0v) is 17.9. The van der Waals surface area contributed by atoms with Crippen LogP contribution in [-0.4, -0.2) is 46.1 Å². The van der Waals surface area contributed by atoms with Crippen molar-refractivity contribution in [1.82, 2.24) is 20.0 Å². The first-order valence-electron chi connectivity index (χ1n) is 9.78. The summed E-state index contributed by atoms with van der Waals surface area (Å²) in [5, 5.41) is 9.18. The van der Waals surface area contributed by atoms with Gasteiger partial charge in [0.05, 0.1) is 17.1 Å². The van der Waals surface area contributed by atoms with E-state index in [1.165, 1.54) is 11.3 Å². The molecule has 1 aromatic carbocycles. The third-order valence-corrected chi connectivity index (χ3v) is 6.56. The number of carbonyl (C=O) groups excluding carboxylic acids is 2. The lowest BCUT2D eigenvalue weighted by atomic mass is 10.2. The molecule has 0 spiro atoms. The Hall–Kier alpha value is -2.38. The number of carbonyl (C=O) groups is 2.